The fourth-order valence-electron chi connectivity index (χ4n) is 2.54. The summed E-state index contributed by atoms with van der Waals surface area (Å²) in [5, 5.41) is 6.65. The van der Waals surface area contributed by atoms with Crippen molar-refractivity contribution < 1.29 is 23.8 Å². The van der Waals surface area contributed by atoms with Crippen molar-refractivity contribution in [1.82, 2.24) is 5.43 Å². The van der Waals surface area contributed by atoms with E-state index in [0.29, 0.717) is 22.9 Å². The second kappa shape index (κ2) is 11.5. The van der Waals surface area contributed by atoms with Gasteiger partial charge in [-0.15, -0.1) is 0 Å². The number of hydrogen-bond acceptors (Lipinski definition) is 6. The summed E-state index contributed by atoms with van der Waals surface area (Å²) in [6.45, 7) is 3.86. The van der Waals surface area contributed by atoms with Crippen LogP contribution in [0.5, 0.6) is 17.2 Å². The van der Waals surface area contributed by atoms with E-state index >= 15 is 0 Å². The Kier molecular flexibility index (Phi) is 8.68. The number of nitrogens with one attached hydrogen (secondary N) is 2. The molecule has 2 N–H and O–H groups in total. The van der Waals surface area contributed by atoms with Crippen LogP contribution in [0.2, 0.25) is 0 Å². The zero-order valence-electron chi connectivity index (χ0n) is 17.6. The molecular weight excluding hydrogens is 386 g/mol. The summed E-state index contributed by atoms with van der Waals surface area (Å²) in [6.07, 6.45) is 1.55. The standard InChI is InChI=1S/C22H27N3O5/c1-15(2)30-19-10-9-16(13-20(19)29-4)14-23-25-22(27)12-11-21(26)24-17-7-5-6-8-18(17)28-3/h5-10,13-15H,11-12H2,1-4H3,(H,24,26)(H,25,27). The quantitative estimate of drug-likeness (QED) is 0.460. The summed E-state index contributed by atoms with van der Waals surface area (Å²) in [4.78, 5) is 24.0. The van der Waals surface area contributed by atoms with Gasteiger partial charge >= 0.3 is 0 Å². The highest BCUT2D eigenvalue weighted by Gasteiger charge is 2.10. The van der Waals surface area contributed by atoms with Crippen molar-refractivity contribution in [3.63, 3.8) is 0 Å². The average Bonchev–Trinajstić information content (AvgIpc) is 2.73. The van der Waals surface area contributed by atoms with E-state index < -0.39 is 0 Å². The highest BCUT2D eigenvalue weighted by molar-refractivity contribution is 5.94. The summed E-state index contributed by atoms with van der Waals surface area (Å²) in [5.74, 6) is 1.11. The van der Waals surface area contributed by atoms with Crippen LogP contribution in [-0.4, -0.2) is 38.4 Å². The summed E-state index contributed by atoms with van der Waals surface area (Å²) < 4.78 is 16.2. The molecule has 2 rings (SSSR count). The van der Waals surface area contributed by atoms with Gasteiger partial charge < -0.3 is 19.5 Å². The minimum atomic E-state index is -0.367. The Labute approximate surface area is 176 Å². The number of hydrazone groups is 1. The second-order valence-electron chi connectivity index (χ2n) is 6.62. The Bertz CT molecular complexity index is 896. The number of ether oxygens (including phenoxy) is 3. The Hall–Kier alpha value is -3.55. The lowest BCUT2D eigenvalue weighted by Crippen LogP contribution is -2.20. The van der Waals surface area contributed by atoms with Crippen LogP contribution in [-0.2, 0) is 9.59 Å². The van der Waals surface area contributed by atoms with Gasteiger partial charge in [0, 0.05) is 12.8 Å². The molecule has 0 aromatic heterocycles. The molecule has 30 heavy (non-hydrogen) atoms. The van der Waals surface area contributed by atoms with Crippen LogP contribution in [0.4, 0.5) is 5.69 Å². The predicted molar refractivity (Wildman–Crippen MR) is 115 cm³/mol. The van der Waals surface area contributed by atoms with E-state index in [2.05, 4.69) is 15.8 Å². The lowest BCUT2D eigenvalue weighted by atomic mass is 10.2. The van der Waals surface area contributed by atoms with E-state index in [1.54, 1.807) is 49.6 Å². The number of hydrogen-bond donors (Lipinski definition) is 2. The predicted octanol–water partition coefficient (Wildman–Crippen LogP) is 3.36. The molecule has 2 aromatic carbocycles. The van der Waals surface area contributed by atoms with E-state index in [-0.39, 0.29) is 30.8 Å². The number of methoxy groups -OCH3 is 2. The topological polar surface area (TPSA) is 98.2 Å². The maximum Gasteiger partial charge on any atom is 0.240 e. The highest BCUT2D eigenvalue weighted by atomic mass is 16.5. The van der Waals surface area contributed by atoms with Crippen LogP contribution >= 0.6 is 0 Å². The van der Waals surface area contributed by atoms with Gasteiger partial charge in [-0.1, -0.05) is 12.1 Å². The van der Waals surface area contributed by atoms with Crippen molar-refractivity contribution in [3.8, 4) is 17.2 Å². The van der Waals surface area contributed by atoms with Crippen molar-refractivity contribution in [2.75, 3.05) is 19.5 Å². The summed E-state index contributed by atoms with van der Waals surface area (Å²) in [5.41, 5.74) is 3.70. The first-order valence-corrected chi connectivity index (χ1v) is 9.52. The number of para-hydroxylation sites is 2. The first kappa shape index (κ1) is 22.7. The molecule has 0 fully saturated rings. The fraction of sp³-hybridized carbons (Fsp3) is 0.318. The van der Waals surface area contributed by atoms with Crippen molar-refractivity contribution in [3.05, 3.63) is 48.0 Å². The van der Waals surface area contributed by atoms with Crippen LogP contribution in [0.15, 0.2) is 47.6 Å². The van der Waals surface area contributed by atoms with E-state index in [9.17, 15) is 9.59 Å². The molecular formula is C22H27N3O5. The van der Waals surface area contributed by atoms with Gasteiger partial charge in [-0.3, -0.25) is 9.59 Å². The Morgan fingerprint density at radius 3 is 2.37 bits per heavy atom. The molecule has 0 aliphatic rings. The molecule has 0 spiro atoms. The number of carbonyl (C=O) groups is 2. The minimum Gasteiger partial charge on any atom is -0.495 e. The van der Waals surface area contributed by atoms with Crippen LogP contribution in [0, 0.1) is 0 Å². The van der Waals surface area contributed by atoms with Gasteiger partial charge in [-0.05, 0) is 49.7 Å². The third-order valence-corrected chi connectivity index (χ3v) is 3.91. The number of benzene rings is 2. The summed E-state index contributed by atoms with van der Waals surface area (Å²) >= 11 is 0. The first-order valence-electron chi connectivity index (χ1n) is 9.52. The molecule has 0 saturated carbocycles. The lowest BCUT2D eigenvalue weighted by molar-refractivity contribution is -0.124. The van der Waals surface area contributed by atoms with E-state index in [1.165, 1.54) is 13.3 Å². The molecule has 8 nitrogen and oxygen atoms in total. The fourth-order valence-corrected chi connectivity index (χ4v) is 2.54. The largest absolute Gasteiger partial charge is 0.495 e. The molecule has 2 amide bonds. The van der Waals surface area contributed by atoms with Crippen LogP contribution in [0.1, 0.15) is 32.3 Å². The summed E-state index contributed by atoms with van der Waals surface area (Å²) in [6, 6.07) is 12.4. The molecule has 160 valence electrons. The van der Waals surface area contributed by atoms with Gasteiger partial charge in [0.1, 0.15) is 5.75 Å². The van der Waals surface area contributed by atoms with E-state index in [0.717, 1.165) is 5.56 Å². The van der Waals surface area contributed by atoms with Crippen LogP contribution < -0.4 is 25.0 Å². The summed E-state index contributed by atoms with van der Waals surface area (Å²) in [7, 11) is 3.08. The van der Waals surface area contributed by atoms with Gasteiger partial charge in [-0.2, -0.15) is 5.10 Å². The maximum atomic E-state index is 12.0. The molecule has 0 saturated heterocycles. The zero-order valence-corrected chi connectivity index (χ0v) is 17.6. The zero-order chi connectivity index (χ0) is 21.9. The second-order valence-corrected chi connectivity index (χ2v) is 6.62. The third kappa shape index (κ3) is 7.12. The molecule has 0 aliphatic heterocycles. The van der Waals surface area contributed by atoms with Gasteiger partial charge in [-0.25, -0.2) is 5.43 Å². The molecule has 0 atom stereocenters. The smallest absolute Gasteiger partial charge is 0.240 e. The minimum absolute atomic E-state index is 0.00279. The Morgan fingerprint density at radius 2 is 1.67 bits per heavy atom. The monoisotopic (exact) mass is 413 g/mol. The molecule has 8 heteroatoms. The molecule has 2 aromatic rings. The van der Waals surface area contributed by atoms with E-state index in [4.69, 9.17) is 14.2 Å². The maximum absolute atomic E-state index is 12.0. The SMILES string of the molecule is COc1ccccc1NC(=O)CCC(=O)NN=Cc1ccc(OC(C)C)c(OC)c1. The van der Waals surface area contributed by atoms with Crippen molar-refractivity contribution >= 4 is 23.7 Å². The Balaban J connectivity index is 1.82. The van der Waals surface area contributed by atoms with Crippen LogP contribution in [0.25, 0.3) is 0 Å². The van der Waals surface area contributed by atoms with Gasteiger partial charge in [0.25, 0.3) is 0 Å². The van der Waals surface area contributed by atoms with Gasteiger partial charge in [0.05, 0.1) is 32.2 Å². The van der Waals surface area contributed by atoms with Crippen molar-refractivity contribution in [2.24, 2.45) is 5.10 Å². The van der Waals surface area contributed by atoms with Crippen molar-refractivity contribution in [1.29, 1.82) is 0 Å². The molecule has 0 heterocycles. The number of anilines is 1. The van der Waals surface area contributed by atoms with Gasteiger partial charge in [0.15, 0.2) is 11.5 Å². The normalized spacial score (nSPS) is 10.7. The average molecular weight is 413 g/mol. The molecule has 0 bridgehead atoms. The number of carbonyl (C=O) groups excluding carboxylic acids is 2. The van der Waals surface area contributed by atoms with Crippen molar-refractivity contribution in [2.45, 2.75) is 32.8 Å². The van der Waals surface area contributed by atoms with Gasteiger partial charge in [0.2, 0.25) is 11.8 Å². The Morgan fingerprint density at radius 1 is 0.967 bits per heavy atom. The molecule has 0 aliphatic carbocycles. The molecule has 0 unspecified atom stereocenters. The number of rotatable bonds is 10. The first-order chi connectivity index (χ1) is 14.4. The molecule has 0 radical (unpaired) electrons. The van der Waals surface area contributed by atoms with Crippen LogP contribution in [0.3, 0.4) is 0 Å². The third-order valence-electron chi connectivity index (χ3n) is 3.91. The van der Waals surface area contributed by atoms with E-state index in [1.807, 2.05) is 13.8 Å². The number of nitrogens with zero attached hydrogens (tertiary/aromatic N) is 1. The highest BCUT2D eigenvalue weighted by Crippen LogP contribution is 2.28. The lowest BCUT2D eigenvalue weighted by Gasteiger charge is -2.13. The number of amides is 2.